The van der Waals surface area contributed by atoms with Gasteiger partial charge in [0.2, 0.25) is 5.88 Å². The summed E-state index contributed by atoms with van der Waals surface area (Å²) >= 11 is 0. The molecule has 1 aromatic carbocycles. The number of benzene rings is 1. The first-order valence-electron chi connectivity index (χ1n) is 8.33. The van der Waals surface area contributed by atoms with Crippen molar-refractivity contribution in [1.82, 2.24) is 5.16 Å². The van der Waals surface area contributed by atoms with Crippen molar-refractivity contribution < 1.29 is 9.32 Å². The fourth-order valence-electron chi connectivity index (χ4n) is 3.71. The molecule has 1 unspecified atom stereocenters. The number of carbonyl (C=O) groups excluding carboxylic acids is 1. The van der Waals surface area contributed by atoms with E-state index < -0.39 is 0 Å². The Labute approximate surface area is 141 Å². The lowest BCUT2D eigenvalue weighted by molar-refractivity contribution is -0.116. The number of aromatic nitrogens is 1. The number of hydrogen-bond acceptors (Lipinski definition) is 5. The van der Waals surface area contributed by atoms with Gasteiger partial charge >= 0.3 is 0 Å². The van der Waals surface area contributed by atoms with Gasteiger partial charge in [-0.25, -0.2) is 0 Å². The third-order valence-electron chi connectivity index (χ3n) is 4.95. The molecule has 2 heterocycles. The lowest BCUT2D eigenvalue weighted by Crippen LogP contribution is -2.26. The number of hydrogen-bond donors (Lipinski definition) is 1. The summed E-state index contributed by atoms with van der Waals surface area (Å²) in [5.74, 6) is 0.825. The van der Waals surface area contributed by atoms with Gasteiger partial charge in [0.05, 0.1) is 11.3 Å². The molecule has 4 rings (SSSR count). The number of ketones is 1. The van der Waals surface area contributed by atoms with Gasteiger partial charge in [-0.15, -0.1) is 0 Å². The summed E-state index contributed by atoms with van der Waals surface area (Å²) in [5.41, 5.74) is 5.96. The number of rotatable bonds is 2. The summed E-state index contributed by atoms with van der Waals surface area (Å²) in [6.45, 7) is 1.93. The molecule has 5 heteroatoms. The first-order valence-corrected chi connectivity index (χ1v) is 8.33. The average Bonchev–Trinajstić information content (AvgIpc) is 2.94. The summed E-state index contributed by atoms with van der Waals surface area (Å²) in [4.78, 5) is 14.7. The lowest BCUT2D eigenvalue weighted by Gasteiger charge is -2.31. The molecule has 1 atom stereocenters. The molecular weight excluding hydrogens is 302 g/mol. The van der Waals surface area contributed by atoms with Crippen LogP contribution in [0.1, 0.15) is 42.0 Å². The molecule has 0 amide bonds. The average molecular weight is 323 g/mol. The van der Waals surface area contributed by atoms with Crippen LogP contribution >= 0.6 is 0 Å². The zero-order valence-corrected chi connectivity index (χ0v) is 14.2. The Bertz CT molecular complexity index is 831. The van der Waals surface area contributed by atoms with Crippen molar-refractivity contribution in [3.8, 4) is 0 Å². The van der Waals surface area contributed by atoms with Crippen LogP contribution in [0, 0.1) is 6.92 Å². The van der Waals surface area contributed by atoms with Crippen molar-refractivity contribution in [3.63, 3.8) is 0 Å². The Morgan fingerprint density at radius 2 is 1.96 bits per heavy atom. The van der Waals surface area contributed by atoms with Gasteiger partial charge in [-0.3, -0.25) is 4.79 Å². The smallest absolute Gasteiger partial charge is 0.233 e. The third kappa shape index (κ3) is 2.23. The van der Waals surface area contributed by atoms with E-state index in [1.54, 1.807) is 0 Å². The Hall–Kier alpha value is -2.56. The highest BCUT2D eigenvalue weighted by Gasteiger charge is 2.38. The van der Waals surface area contributed by atoms with E-state index in [4.69, 9.17) is 4.52 Å². The fraction of sp³-hybridized carbons (Fsp3) is 0.368. The van der Waals surface area contributed by atoms with E-state index in [2.05, 4.69) is 39.6 Å². The van der Waals surface area contributed by atoms with E-state index >= 15 is 0 Å². The standard InChI is InChI=1S/C19H21N3O2/c1-11-16-17(12-7-9-13(10-8-12)22(2)3)18-14(5-4-6-15(18)23)20-19(16)24-21-11/h7-10,17,20H,4-6H2,1-3H3. The zero-order valence-electron chi connectivity index (χ0n) is 14.2. The van der Waals surface area contributed by atoms with Crippen LogP contribution in [0.2, 0.25) is 0 Å². The molecule has 0 saturated carbocycles. The van der Waals surface area contributed by atoms with Crippen LogP contribution < -0.4 is 10.2 Å². The predicted octanol–water partition coefficient (Wildman–Crippen LogP) is 3.61. The molecule has 124 valence electrons. The quantitative estimate of drug-likeness (QED) is 0.915. The Kier molecular flexibility index (Phi) is 3.44. The van der Waals surface area contributed by atoms with E-state index in [0.29, 0.717) is 12.3 Å². The van der Waals surface area contributed by atoms with Gasteiger partial charge in [0, 0.05) is 43.4 Å². The third-order valence-corrected chi connectivity index (χ3v) is 4.95. The normalized spacial score (nSPS) is 19.6. The predicted molar refractivity (Wildman–Crippen MR) is 93.4 cm³/mol. The second-order valence-electron chi connectivity index (χ2n) is 6.72. The number of aryl methyl sites for hydroxylation is 1. The number of carbonyl (C=O) groups is 1. The highest BCUT2D eigenvalue weighted by atomic mass is 16.5. The highest BCUT2D eigenvalue weighted by Crippen LogP contribution is 2.46. The largest absolute Gasteiger partial charge is 0.378 e. The molecule has 1 aliphatic carbocycles. The van der Waals surface area contributed by atoms with Crippen LogP contribution in [0.4, 0.5) is 11.6 Å². The van der Waals surface area contributed by atoms with E-state index in [1.165, 1.54) is 0 Å². The molecule has 1 N–H and O–H groups in total. The number of anilines is 2. The summed E-state index contributed by atoms with van der Waals surface area (Å²) < 4.78 is 5.47. The molecular formula is C19H21N3O2. The Morgan fingerprint density at radius 3 is 2.67 bits per heavy atom. The van der Waals surface area contributed by atoms with E-state index in [-0.39, 0.29) is 11.7 Å². The molecule has 1 aliphatic heterocycles. The number of fused-ring (bicyclic) bond motifs is 1. The van der Waals surface area contributed by atoms with Crippen molar-refractivity contribution in [3.05, 3.63) is 52.4 Å². The molecule has 2 aliphatic rings. The SMILES string of the molecule is Cc1noc2c1C(c1ccc(N(C)C)cc1)C1=C(CCCC1=O)N2. The van der Waals surface area contributed by atoms with Crippen LogP contribution in [-0.2, 0) is 4.79 Å². The van der Waals surface area contributed by atoms with Crippen LogP contribution in [0.15, 0.2) is 40.1 Å². The van der Waals surface area contributed by atoms with Crippen molar-refractivity contribution >= 4 is 17.4 Å². The molecule has 2 aromatic rings. The molecule has 0 bridgehead atoms. The van der Waals surface area contributed by atoms with Crippen LogP contribution in [-0.4, -0.2) is 25.0 Å². The van der Waals surface area contributed by atoms with Crippen molar-refractivity contribution in [2.45, 2.75) is 32.1 Å². The Balaban J connectivity index is 1.87. The van der Waals surface area contributed by atoms with Gasteiger partial charge in [-0.05, 0) is 37.5 Å². The highest BCUT2D eigenvalue weighted by molar-refractivity contribution is 6.00. The monoisotopic (exact) mass is 323 g/mol. The minimum atomic E-state index is -0.0912. The first-order chi connectivity index (χ1) is 11.6. The summed E-state index contributed by atoms with van der Waals surface area (Å²) in [7, 11) is 4.04. The molecule has 0 saturated heterocycles. The number of Topliss-reactive ketones (excluding diaryl/α,β-unsaturated/α-hetero) is 1. The zero-order chi connectivity index (χ0) is 16.8. The molecule has 0 fully saturated rings. The number of allylic oxidation sites excluding steroid dienone is 2. The molecule has 0 spiro atoms. The number of nitrogens with one attached hydrogen (secondary N) is 1. The maximum absolute atomic E-state index is 12.7. The first kappa shape index (κ1) is 15.0. The lowest BCUT2D eigenvalue weighted by atomic mass is 9.76. The van der Waals surface area contributed by atoms with Crippen LogP contribution in [0.5, 0.6) is 0 Å². The van der Waals surface area contributed by atoms with Crippen molar-refractivity contribution in [2.75, 3.05) is 24.3 Å². The van der Waals surface area contributed by atoms with Crippen molar-refractivity contribution in [1.29, 1.82) is 0 Å². The molecule has 24 heavy (non-hydrogen) atoms. The summed E-state index contributed by atoms with van der Waals surface area (Å²) in [5, 5.41) is 7.42. The van der Waals surface area contributed by atoms with E-state index in [0.717, 1.165) is 46.6 Å². The van der Waals surface area contributed by atoms with E-state index in [1.807, 2.05) is 21.0 Å². The summed E-state index contributed by atoms with van der Waals surface area (Å²) in [6, 6.07) is 8.39. The van der Waals surface area contributed by atoms with Gasteiger partial charge in [-0.2, -0.15) is 0 Å². The second-order valence-corrected chi connectivity index (χ2v) is 6.72. The number of nitrogens with zero attached hydrogens (tertiary/aromatic N) is 2. The molecule has 5 nitrogen and oxygen atoms in total. The minimum Gasteiger partial charge on any atom is -0.378 e. The molecule has 1 aromatic heterocycles. The maximum atomic E-state index is 12.7. The van der Waals surface area contributed by atoms with Crippen molar-refractivity contribution in [2.24, 2.45) is 0 Å². The van der Waals surface area contributed by atoms with Crippen LogP contribution in [0.3, 0.4) is 0 Å². The summed E-state index contributed by atoms with van der Waals surface area (Å²) in [6.07, 6.45) is 2.39. The van der Waals surface area contributed by atoms with Gasteiger partial charge in [0.15, 0.2) is 5.78 Å². The Morgan fingerprint density at radius 1 is 1.21 bits per heavy atom. The second kappa shape index (κ2) is 5.51. The van der Waals surface area contributed by atoms with E-state index in [9.17, 15) is 4.79 Å². The fourth-order valence-corrected chi connectivity index (χ4v) is 3.71. The van der Waals surface area contributed by atoms with Gasteiger partial charge in [0.1, 0.15) is 0 Å². The van der Waals surface area contributed by atoms with Gasteiger partial charge < -0.3 is 14.7 Å². The minimum absolute atomic E-state index is 0.0912. The van der Waals surface area contributed by atoms with Gasteiger partial charge in [0.25, 0.3) is 0 Å². The maximum Gasteiger partial charge on any atom is 0.233 e. The topological polar surface area (TPSA) is 58.4 Å². The van der Waals surface area contributed by atoms with Crippen LogP contribution in [0.25, 0.3) is 0 Å². The van der Waals surface area contributed by atoms with Gasteiger partial charge in [-0.1, -0.05) is 17.3 Å². The molecule has 0 radical (unpaired) electrons.